The van der Waals surface area contributed by atoms with Crippen LogP contribution in [0.15, 0.2) is 0 Å². The molecular formula is C9H15NO2. The fourth-order valence-electron chi connectivity index (χ4n) is 2.48. The SMILES string of the molecule is COC(=O)C12CCC1CCNC2. The van der Waals surface area contributed by atoms with Gasteiger partial charge in [-0.05, 0) is 31.7 Å². The third-order valence-corrected chi connectivity index (χ3v) is 3.42. The molecule has 1 heterocycles. The van der Waals surface area contributed by atoms with Crippen LogP contribution in [-0.4, -0.2) is 26.2 Å². The average molecular weight is 169 g/mol. The summed E-state index contributed by atoms with van der Waals surface area (Å²) in [5.41, 5.74) is -0.146. The van der Waals surface area contributed by atoms with Crippen molar-refractivity contribution in [2.75, 3.05) is 20.2 Å². The molecule has 0 radical (unpaired) electrons. The Balaban J connectivity index is 2.12. The molecule has 0 bridgehead atoms. The lowest BCUT2D eigenvalue weighted by Gasteiger charge is -2.50. The van der Waals surface area contributed by atoms with E-state index < -0.39 is 0 Å². The number of methoxy groups -OCH3 is 1. The number of carbonyl (C=O) groups is 1. The largest absolute Gasteiger partial charge is 0.469 e. The number of hydrogen-bond donors (Lipinski definition) is 1. The van der Waals surface area contributed by atoms with Gasteiger partial charge in [0.2, 0.25) is 0 Å². The first kappa shape index (κ1) is 8.05. The molecule has 2 aliphatic rings. The van der Waals surface area contributed by atoms with Gasteiger partial charge in [0, 0.05) is 6.54 Å². The van der Waals surface area contributed by atoms with E-state index in [9.17, 15) is 4.79 Å². The van der Waals surface area contributed by atoms with Crippen molar-refractivity contribution in [2.24, 2.45) is 11.3 Å². The number of ether oxygens (including phenoxy) is 1. The smallest absolute Gasteiger partial charge is 0.313 e. The van der Waals surface area contributed by atoms with E-state index in [0.717, 1.165) is 25.9 Å². The van der Waals surface area contributed by atoms with Crippen molar-refractivity contribution in [1.82, 2.24) is 5.32 Å². The highest BCUT2D eigenvalue weighted by atomic mass is 16.5. The molecule has 3 nitrogen and oxygen atoms in total. The highest BCUT2D eigenvalue weighted by Crippen LogP contribution is 2.50. The summed E-state index contributed by atoms with van der Waals surface area (Å²) in [6, 6.07) is 0. The molecule has 0 aromatic heterocycles. The van der Waals surface area contributed by atoms with Crippen molar-refractivity contribution >= 4 is 5.97 Å². The van der Waals surface area contributed by atoms with E-state index in [0.29, 0.717) is 5.92 Å². The van der Waals surface area contributed by atoms with Gasteiger partial charge in [0.25, 0.3) is 0 Å². The van der Waals surface area contributed by atoms with Gasteiger partial charge in [-0.1, -0.05) is 0 Å². The second-order valence-electron chi connectivity index (χ2n) is 3.85. The zero-order valence-corrected chi connectivity index (χ0v) is 7.43. The summed E-state index contributed by atoms with van der Waals surface area (Å²) in [4.78, 5) is 11.5. The van der Waals surface area contributed by atoms with Crippen LogP contribution in [0.4, 0.5) is 0 Å². The molecule has 12 heavy (non-hydrogen) atoms. The number of fused-ring (bicyclic) bond motifs is 1. The maximum atomic E-state index is 11.5. The average Bonchev–Trinajstić information content (AvgIpc) is 2.06. The first-order chi connectivity index (χ1) is 5.79. The van der Waals surface area contributed by atoms with Crippen molar-refractivity contribution in [3.8, 4) is 0 Å². The lowest BCUT2D eigenvalue weighted by Crippen LogP contribution is -2.57. The standard InChI is InChI=1S/C9H15NO2/c1-12-8(11)9-4-2-7(9)3-5-10-6-9/h7,10H,2-6H2,1H3. The van der Waals surface area contributed by atoms with Crippen molar-refractivity contribution in [1.29, 1.82) is 0 Å². The lowest BCUT2D eigenvalue weighted by molar-refractivity contribution is -0.167. The van der Waals surface area contributed by atoms with Crippen LogP contribution in [-0.2, 0) is 9.53 Å². The molecule has 0 amide bonds. The minimum atomic E-state index is -0.146. The molecular weight excluding hydrogens is 154 g/mol. The summed E-state index contributed by atoms with van der Waals surface area (Å²) in [6.07, 6.45) is 3.35. The number of rotatable bonds is 1. The summed E-state index contributed by atoms with van der Waals surface area (Å²) >= 11 is 0. The third kappa shape index (κ3) is 0.891. The quantitative estimate of drug-likeness (QED) is 0.582. The number of hydrogen-bond acceptors (Lipinski definition) is 3. The molecule has 1 aliphatic heterocycles. The first-order valence-corrected chi connectivity index (χ1v) is 4.59. The molecule has 2 unspecified atom stereocenters. The van der Waals surface area contributed by atoms with Gasteiger partial charge in [-0.2, -0.15) is 0 Å². The maximum Gasteiger partial charge on any atom is 0.313 e. The Morgan fingerprint density at radius 1 is 1.58 bits per heavy atom. The summed E-state index contributed by atoms with van der Waals surface area (Å²) in [5, 5.41) is 3.27. The molecule has 0 aromatic rings. The van der Waals surface area contributed by atoms with E-state index in [4.69, 9.17) is 4.74 Å². The Morgan fingerprint density at radius 3 is 2.92 bits per heavy atom. The van der Waals surface area contributed by atoms with Gasteiger partial charge < -0.3 is 10.1 Å². The Morgan fingerprint density at radius 2 is 2.42 bits per heavy atom. The molecule has 1 saturated heterocycles. The number of carbonyl (C=O) groups excluding carboxylic acids is 1. The van der Waals surface area contributed by atoms with E-state index in [1.807, 2.05) is 0 Å². The van der Waals surface area contributed by atoms with E-state index >= 15 is 0 Å². The topological polar surface area (TPSA) is 38.3 Å². The van der Waals surface area contributed by atoms with E-state index in [1.165, 1.54) is 13.5 Å². The Hall–Kier alpha value is -0.570. The molecule has 1 aliphatic carbocycles. The lowest BCUT2D eigenvalue weighted by atomic mass is 9.57. The highest BCUT2D eigenvalue weighted by molar-refractivity contribution is 5.78. The van der Waals surface area contributed by atoms with Crippen LogP contribution in [0.1, 0.15) is 19.3 Å². The fourth-order valence-corrected chi connectivity index (χ4v) is 2.48. The zero-order valence-electron chi connectivity index (χ0n) is 7.43. The normalized spacial score (nSPS) is 39.6. The van der Waals surface area contributed by atoms with Gasteiger partial charge in [-0.25, -0.2) is 0 Å². The van der Waals surface area contributed by atoms with E-state index in [2.05, 4.69) is 5.32 Å². The van der Waals surface area contributed by atoms with Gasteiger partial charge in [0.15, 0.2) is 0 Å². The molecule has 0 spiro atoms. The Labute approximate surface area is 72.5 Å². The van der Waals surface area contributed by atoms with Crippen LogP contribution in [0.3, 0.4) is 0 Å². The molecule has 2 rings (SSSR count). The number of piperidine rings is 1. The summed E-state index contributed by atoms with van der Waals surface area (Å²) in [7, 11) is 1.49. The molecule has 3 heteroatoms. The zero-order chi connectivity index (χ0) is 8.60. The molecule has 68 valence electrons. The minimum absolute atomic E-state index is 0.00838. The summed E-state index contributed by atoms with van der Waals surface area (Å²) in [5.74, 6) is 0.581. The minimum Gasteiger partial charge on any atom is -0.469 e. The summed E-state index contributed by atoms with van der Waals surface area (Å²) < 4.78 is 4.84. The van der Waals surface area contributed by atoms with Gasteiger partial charge in [-0.3, -0.25) is 4.79 Å². The molecule has 2 fully saturated rings. The van der Waals surface area contributed by atoms with Crippen molar-refractivity contribution in [3.05, 3.63) is 0 Å². The van der Waals surface area contributed by atoms with Crippen LogP contribution in [0.25, 0.3) is 0 Å². The maximum absolute atomic E-state index is 11.5. The van der Waals surface area contributed by atoms with Crippen molar-refractivity contribution in [3.63, 3.8) is 0 Å². The van der Waals surface area contributed by atoms with Gasteiger partial charge in [-0.15, -0.1) is 0 Å². The monoisotopic (exact) mass is 169 g/mol. The van der Waals surface area contributed by atoms with Gasteiger partial charge >= 0.3 is 5.97 Å². The van der Waals surface area contributed by atoms with Crippen LogP contribution in [0, 0.1) is 11.3 Å². The predicted molar refractivity (Wildman–Crippen MR) is 44.7 cm³/mol. The number of esters is 1. The van der Waals surface area contributed by atoms with Crippen LogP contribution >= 0.6 is 0 Å². The Kier molecular flexibility index (Phi) is 1.83. The van der Waals surface area contributed by atoms with Crippen molar-refractivity contribution in [2.45, 2.75) is 19.3 Å². The molecule has 0 aromatic carbocycles. The van der Waals surface area contributed by atoms with E-state index in [-0.39, 0.29) is 11.4 Å². The highest BCUT2D eigenvalue weighted by Gasteiger charge is 2.54. The molecule has 1 saturated carbocycles. The number of nitrogens with one attached hydrogen (secondary N) is 1. The third-order valence-electron chi connectivity index (χ3n) is 3.42. The van der Waals surface area contributed by atoms with Crippen LogP contribution in [0.2, 0.25) is 0 Å². The van der Waals surface area contributed by atoms with Crippen LogP contribution in [0.5, 0.6) is 0 Å². The molecule has 1 N–H and O–H groups in total. The van der Waals surface area contributed by atoms with Crippen LogP contribution < -0.4 is 5.32 Å². The van der Waals surface area contributed by atoms with Gasteiger partial charge in [0.05, 0.1) is 12.5 Å². The van der Waals surface area contributed by atoms with E-state index in [1.54, 1.807) is 0 Å². The Bertz CT molecular complexity index is 205. The summed E-state index contributed by atoms with van der Waals surface area (Å²) in [6.45, 7) is 1.88. The fraction of sp³-hybridized carbons (Fsp3) is 0.889. The van der Waals surface area contributed by atoms with Crippen molar-refractivity contribution < 1.29 is 9.53 Å². The second-order valence-corrected chi connectivity index (χ2v) is 3.85. The second kappa shape index (κ2) is 2.73. The molecule has 2 atom stereocenters. The first-order valence-electron chi connectivity index (χ1n) is 4.59. The predicted octanol–water partition coefficient (Wildman–Crippen LogP) is 0.549. The van der Waals surface area contributed by atoms with Gasteiger partial charge in [0.1, 0.15) is 0 Å².